The minimum Gasteiger partial charge on any atom is -0.476 e. The first kappa shape index (κ1) is 15.6. The number of imidazole rings is 1. The Bertz CT molecular complexity index is 689. The summed E-state index contributed by atoms with van der Waals surface area (Å²) < 4.78 is 5.94. The van der Waals surface area contributed by atoms with E-state index in [-0.39, 0.29) is 0 Å². The van der Waals surface area contributed by atoms with E-state index in [1.165, 1.54) is 12.8 Å². The maximum Gasteiger partial charge on any atom is 0.245 e. The number of hydrogen-bond acceptors (Lipinski definition) is 7. The van der Waals surface area contributed by atoms with Crippen LogP contribution in [0.25, 0.3) is 11.2 Å². The largest absolute Gasteiger partial charge is 0.476 e. The van der Waals surface area contributed by atoms with E-state index < -0.39 is 0 Å². The Labute approximate surface area is 141 Å². The normalized spacial score (nSPS) is 23.4. The van der Waals surface area contributed by atoms with Crippen molar-refractivity contribution in [1.82, 2.24) is 30.2 Å². The number of ether oxygens (including phenoxy) is 1. The first-order chi connectivity index (χ1) is 11.7. The molecule has 24 heavy (non-hydrogen) atoms. The highest BCUT2D eigenvalue weighted by molar-refractivity contribution is 5.77. The highest BCUT2D eigenvalue weighted by Gasteiger charge is 2.33. The molecule has 2 saturated heterocycles. The van der Waals surface area contributed by atoms with Crippen molar-refractivity contribution in [3.8, 4) is 5.88 Å². The molecule has 8 heteroatoms. The number of nitrogens with one attached hydrogen (secondary N) is 2. The quantitative estimate of drug-likeness (QED) is 0.751. The summed E-state index contributed by atoms with van der Waals surface area (Å²) in [4.78, 5) is 21.1. The molecule has 2 aliphatic rings. The van der Waals surface area contributed by atoms with Crippen molar-refractivity contribution in [3.05, 3.63) is 6.33 Å². The predicted molar refractivity (Wildman–Crippen MR) is 92.5 cm³/mol. The van der Waals surface area contributed by atoms with Gasteiger partial charge in [-0.3, -0.25) is 0 Å². The molecule has 2 fully saturated rings. The number of rotatable bonds is 6. The topological polar surface area (TPSA) is 82.2 Å². The molecule has 2 aromatic heterocycles. The van der Waals surface area contributed by atoms with Crippen LogP contribution in [0.5, 0.6) is 5.88 Å². The van der Waals surface area contributed by atoms with Crippen molar-refractivity contribution in [3.63, 3.8) is 0 Å². The Morgan fingerprint density at radius 1 is 1.25 bits per heavy atom. The van der Waals surface area contributed by atoms with Gasteiger partial charge in [-0.15, -0.1) is 0 Å². The minimum atomic E-state index is 0.548. The molecule has 8 nitrogen and oxygen atoms in total. The van der Waals surface area contributed by atoms with Gasteiger partial charge in [-0.25, -0.2) is 4.98 Å². The Balaban J connectivity index is 1.53. The third-order valence-electron chi connectivity index (χ3n) is 4.73. The maximum atomic E-state index is 5.94. The average molecular weight is 331 g/mol. The summed E-state index contributed by atoms with van der Waals surface area (Å²) in [6.07, 6.45) is 5.08. The number of aromatic nitrogens is 4. The number of hydrogen-bond donors (Lipinski definition) is 2. The highest BCUT2D eigenvalue weighted by Crippen LogP contribution is 2.27. The second-order valence-corrected chi connectivity index (χ2v) is 6.98. The molecule has 2 aliphatic heterocycles. The van der Waals surface area contributed by atoms with E-state index in [9.17, 15) is 0 Å². The van der Waals surface area contributed by atoms with E-state index in [0.717, 1.165) is 37.5 Å². The molecule has 2 atom stereocenters. The smallest absolute Gasteiger partial charge is 0.245 e. The Morgan fingerprint density at radius 2 is 2.04 bits per heavy atom. The molecule has 2 unspecified atom stereocenters. The van der Waals surface area contributed by atoms with Crippen molar-refractivity contribution in [2.24, 2.45) is 0 Å². The van der Waals surface area contributed by atoms with Crippen LogP contribution in [0.1, 0.15) is 19.3 Å². The zero-order valence-corrected chi connectivity index (χ0v) is 14.3. The standard InChI is InChI=1S/C16H25N7O/c1-22(2)6-3-7-24-15-13-14(18-10-17-13)20-16(21-15)23-8-11-4-5-12(9-23)19-11/h10-12,19H,3-9H2,1-2H3,(H,17,18,20,21). The van der Waals surface area contributed by atoms with Crippen LogP contribution in [0, 0.1) is 0 Å². The van der Waals surface area contributed by atoms with Gasteiger partial charge >= 0.3 is 0 Å². The van der Waals surface area contributed by atoms with Crippen LogP contribution in [0.4, 0.5) is 5.95 Å². The third-order valence-corrected chi connectivity index (χ3v) is 4.73. The summed E-state index contributed by atoms with van der Waals surface area (Å²) in [5.74, 6) is 1.34. The van der Waals surface area contributed by atoms with Gasteiger partial charge in [0.05, 0.1) is 12.9 Å². The number of H-pyrrole nitrogens is 1. The molecule has 4 heterocycles. The van der Waals surface area contributed by atoms with Crippen LogP contribution < -0.4 is 15.0 Å². The SMILES string of the molecule is CN(C)CCCOc1nc(N2CC3CCC(C2)N3)nc2nc[nH]c12. The number of piperazine rings is 1. The summed E-state index contributed by atoms with van der Waals surface area (Å²) in [6, 6.07) is 1.10. The van der Waals surface area contributed by atoms with Crippen LogP contribution in [0.3, 0.4) is 0 Å². The molecule has 0 aromatic carbocycles. The Hall–Kier alpha value is -1.93. The zero-order chi connectivity index (χ0) is 16.5. The molecule has 0 amide bonds. The Morgan fingerprint density at radius 3 is 2.79 bits per heavy atom. The summed E-state index contributed by atoms with van der Waals surface area (Å²) in [5.41, 5.74) is 1.45. The summed E-state index contributed by atoms with van der Waals surface area (Å²) in [6.45, 7) is 3.53. The fourth-order valence-electron chi connectivity index (χ4n) is 3.55. The first-order valence-corrected chi connectivity index (χ1v) is 8.68. The number of fused-ring (bicyclic) bond motifs is 3. The van der Waals surface area contributed by atoms with Crippen molar-refractivity contribution < 1.29 is 4.74 Å². The summed E-state index contributed by atoms with van der Waals surface area (Å²) in [5, 5.41) is 3.63. The van der Waals surface area contributed by atoms with Crippen LogP contribution in [0.15, 0.2) is 6.33 Å². The molecule has 2 aromatic rings. The third kappa shape index (κ3) is 3.16. The lowest BCUT2D eigenvalue weighted by molar-refractivity contribution is 0.275. The zero-order valence-electron chi connectivity index (χ0n) is 14.3. The van der Waals surface area contributed by atoms with Gasteiger partial charge in [0.2, 0.25) is 11.8 Å². The van der Waals surface area contributed by atoms with Gasteiger partial charge in [0.15, 0.2) is 5.65 Å². The highest BCUT2D eigenvalue weighted by atomic mass is 16.5. The van der Waals surface area contributed by atoms with Gasteiger partial charge in [-0.2, -0.15) is 9.97 Å². The van der Waals surface area contributed by atoms with E-state index >= 15 is 0 Å². The van der Waals surface area contributed by atoms with Gasteiger partial charge in [-0.05, 0) is 33.4 Å². The lowest BCUT2D eigenvalue weighted by Crippen LogP contribution is -2.51. The van der Waals surface area contributed by atoms with Crippen molar-refractivity contribution in [1.29, 1.82) is 0 Å². The van der Waals surface area contributed by atoms with E-state index in [1.54, 1.807) is 6.33 Å². The summed E-state index contributed by atoms with van der Waals surface area (Å²) in [7, 11) is 4.13. The summed E-state index contributed by atoms with van der Waals surface area (Å²) >= 11 is 0. The molecular formula is C16H25N7O. The van der Waals surface area contributed by atoms with Crippen molar-refractivity contribution in [2.75, 3.05) is 45.2 Å². The van der Waals surface area contributed by atoms with Gasteiger partial charge in [-0.1, -0.05) is 0 Å². The van der Waals surface area contributed by atoms with Gasteiger partial charge < -0.3 is 24.8 Å². The van der Waals surface area contributed by atoms with Crippen molar-refractivity contribution in [2.45, 2.75) is 31.3 Å². The molecule has 0 saturated carbocycles. The monoisotopic (exact) mass is 331 g/mol. The molecule has 2 N–H and O–H groups in total. The Kier molecular flexibility index (Phi) is 4.24. The van der Waals surface area contributed by atoms with Crippen LogP contribution >= 0.6 is 0 Å². The molecule has 0 spiro atoms. The molecule has 0 radical (unpaired) electrons. The maximum absolute atomic E-state index is 5.94. The lowest BCUT2D eigenvalue weighted by Gasteiger charge is -2.32. The molecule has 4 rings (SSSR count). The first-order valence-electron chi connectivity index (χ1n) is 8.68. The second kappa shape index (κ2) is 6.52. The van der Waals surface area contributed by atoms with E-state index in [2.05, 4.69) is 44.2 Å². The fourth-order valence-corrected chi connectivity index (χ4v) is 3.55. The molecular weight excluding hydrogens is 306 g/mol. The van der Waals surface area contributed by atoms with Gasteiger partial charge in [0.1, 0.15) is 5.52 Å². The van der Waals surface area contributed by atoms with Gasteiger partial charge in [0.25, 0.3) is 0 Å². The van der Waals surface area contributed by atoms with E-state index in [1.807, 2.05) is 0 Å². The fraction of sp³-hybridized carbons (Fsp3) is 0.688. The number of anilines is 1. The number of aromatic amines is 1. The van der Waals surface area contributed by atoms with E-state index in [0.29, 0.717) is 30.2 Å². The minimum absolute atomic E-state index is 0.548. The van der Waals surface area contributed by atoms with Crippen LogP contribution in [-0.2, 0) is 0 Å². The van der Waals surface area contributed by atoms with Gasteiger partial charge in [0, 0.05) is 31.7 Å². The molecule has 2 bridgehead atoms. The lowest BCUT2D eigenvalue weighted by atomic mass is 10.2. The molecule has 130 valence electrons. The second-order valence-electron chi connectivity index (χ2n) is 6.98. The number of nitrogens with zero attached hydrogens (tertiary/aromatic N) is 5. The predicted octanol–water partition coefficient (Wildman–Crippen LogP) is 0.624. The molecule has 0 aliphatic carbocycles. The van der Waals surface area contributed by atoms with E-state index in [4.69, 9.17) is 9.72 Å². The average Bonchev–Trinajstić information content (AvgIpc) is 3.17. The van der Waals surface area contributed by atoms with Crippen LogP contribution in [0.2, 0.25) is 0 Å². The van der Waals surface area contributed by atoms with Crippen LogP contribution in [-0.4, -0.2) is 77.3 Å². The van der Waals surface area contributed by atoms with Crippen molar-refractivity contribution >= 4 is 17.1 Å².